The Morgan fingerprint density at radius 2 is 2.17 bits per heavy atom. The molecule has 0 aromatic carbocycles. The van der Waals surface area contributed by atoms with Crippen LogP contribution in [-0.2, 0) is 9.59 Å². The van der Waals surface area contributed by atoms with Crippen LogP contribution in [0.4, 0.5) is 0 Å². The fraction of sp³-hybridized carbons (Fsp3) is 0.846. The van der Waals surface area contributed by atoms with Gasteiger partial charge in [-0.05, 0) is 26.4 Å². The second-order valence-electron chi connectivity index (χ2n) is 5.56. The average molecular weight is 255 g/mol. The summed E-state index contributed by atoms with van der Waals surface area (Å²) in [5.41, 5.74) is 0. The molecule has 5 nitrogen and oxygen atoms in total. The van der Waals surface area contributed by atoms with E-state index < -0.39 is 0 Å². The van der Waals surface area contributed by atoms with Gasteiger partial charge in [0.1, 0.15) is 0 Å². The molecule has 0 saturated carbocycles. The molecule has 2 atom stereocenters. The van der Waals surface area contributed by atoms with Crippen LogP contribution in [0.3, 0.4) is 0 Å². The van der Waals surface area contributed by atoms with Crippen LogP contribution >= 0.6 is 0 Å². The second-order valence-corrected chi connectivity index (χ2v) is 5.56. The lowest BCUT2D eigenvalue weighted by Crippen LogP contribution is -2.48. The smallest absolute Gasteiger partial charge is 0.224 e. The van der Waals surface area contributed by atoms with Gasteiger partial charge in [-0.1, -0.05) is 13.8 Å². The molecule has 0 radical (unpaired) electrons. The minimum absolute atomic E-state index is 0.0485. The van der Waals surface area contributed by atoms with E-state index in [1.165, 1.54) is 0 Å². The predicted molar refractivity (Wildman–Crippen MR) is 71.1 cm³/mol. The Kier molecular flexibility index (Phi) is 5.59. The summed E-state index contributed by atoms with van der Waals surface area (Å²) in [5.74, 6) is 0.527. The number of carbonyl (C=O) groups is 2. The molecule has 0 aromatic heterocycles. The summed E-state index contributed by atoms with van der Waals surface area (Å²) in [7, 11) is 4.05. The Morgan fingerprint density at radius 3 is 2.61 bits per heavy atom. The summed E-state index contributed by atoms with van der Waals surface area (Å²) in [5, 5.41) is 5.73. The molecular weight excluding hydrogens is 230 g/mol. The van der Waals surface area contributed by atoms with Crippen molar-refractivity contribution in [2.75, 3.05) is 27.2 Å². The van der Waals surface area contributed by atoms with E-state index in [9.17, 15) is 9.59 Å². The van der Waals surface area contributed by atoms with Crippen LogP contribution < -0.4 is 10.6 Å². The third-order valence-corrected chi connectivity index (χ3v) is 3.55. The summed E-state index contributed by atoms with van der Waals surface area (Å²) in [4.78, 5) is 25.1. The van der Waals surface area contributed by atoms with Crippen LogP contribution in [-0.4, -0.2) is 49.9 Å². The van der Waals surface area contributed by atoms with Crippen molar-refractivity contribution in [1.29, 1.82) is 0 Å². The summed E-state index contributed by atoms with van der Waals surface area (Å²) in [6, 6.07) is 0.340. The van der Waals surface area contributed by atoms with E-state index in [0.29, 0.717) is 37.9 Å². The summed E-state index contributed by atoms with van der Waals surface area (Å²) in [6.07, 6.45) is 1.12. The molecule has 2 amide bonds. The van der Waals surface area contributed by atoms with Crippen LogP contribution in [0.1, 0.15) is 26.7 Å². The van der Waals surface area contributed by atoms with Gasteiger partial charge in [-0.2, -0.15) is 0 Å². The lowest BCUT2D eigenvalue weighted by atomic mass is 9.97. The number of rotatable bonds is 5. The molecule has 0 aromatic rings. The van der Waals surface area contributed by atoms with E-state index in [4.69, 9.17) is 0 Å². The summed E-state index contributed by atoms with van der Waals surface area (Å²) < 4.78 is 0. The van der Waals surface area contributed by atoms with Crippen molar-refractivity contribution in [3.8, 4) is 0 Å². The van der Waals surface area contributed by atoms with Gasteiger partial charge in [-0.15, -0.1) is 0 Å². The molecule has 5 heteroatoms. The fourth-order valence-electron chi connectivity index (χ4n) is 2.32. The lowest BCUT2D eigenvalue weighted by Gasteiger charge is -2.29. The molecule has 0 bridgehead atoms. The van der Waals surface area contributed by atoms with Gasteiger partial charge in [-0.3, -0.25) is 9.59 Å². The molecule has 1 saturated heterocycles. The van der Waals surface area contributed by atoms with Gasteiger partial charge in [0, 0.05) is 25.6 Å². The van der Waals surface area contributed by atoms with Gasteiger partial charge >= 0.3 is 0 Å². The number of nitrogens with zero attached hydrogens (tertiary/aromatic N) is 1. The van der Waals surface area contributed by atoms with Gasteiger partial charge < -0.3 is 15.5 Å². The summed E-state index contributed by atoms with van der Waals surface area (Å²) >= 11 is 0. The van der Waals surface area contributed by atoms with Crippen molar-refractivity contribution >= 4 is 11.8 Å². The van der Waals surface area contributed by atoms with Crippen molar-refractivity contribution in [2.24, 2.45) is 11.8 Å². The number of piperidine rings is 1. The van der Waals surface area contributed by atoms with Crippen molar-refractivity contribution in [1.82, 2.24) is 15.5 Å². The normalized spacial score (nSPS) is 21.9. The van der Waals surface area contributed by atoms with E-state index in [2.05, 4.69) is 29.4 Å². The highest BCUT2D eigenvalue weighted by atomic mass is 16.2. The fourth-order valence-corrected chi connectivity index (χ4v) is 2.32. The highest BCUT2D eigenvalue weighted by Crippen LogP contribution is 2.11. The van der Waals surface area contributed by atoms with E-state index in [1.54, 1.807) is 0 Å². The van der Waals surface area contributed by atoms with Gasteiger partial charge in [-0.25, -0.2) is 0 Å². The SMILES string of the molecule is CC(C)C(CNC(=O)C1CCC(=O)NC1)N(C)C. The molecule has 0 aliphatic carbocycles. The molecular formula is C13H25N3O2. The maximum Gasteiger partial charge on any atom is 0.224 e. The standard InChI is InChI=1S/C13H25N3O2/c1-9(2)11(16(3)4)8-15-13(18)10-5-6-12(17)14-7-10/h9-11H,5-8H2,1-4H3,(H,14,17)(H,15,18). The van der Waals surface area contributed by atoms with Crippen molar-refractivity contribution in [3.63, 3.8) is 0 Å². The third kappa shape index (κ3) is 4.29. The van der Waals surface area contributed by atoms with Crippen LogP contribution in [0.5, 0.6) is 0 Å². The monoisotopic (exact) mass is 255 g/mol. The van der Waals surface area contributed by atoms with Crippen molar-refractivity contribution in [3.05, 3.63) is 0 Å². The number of hydrogen-bond donors (Lipinski definition) is 2. The minimum atomic E-state index is -0.0716. The topological polar surface area (TPSA) is 61.4 Å². The Morgan fingerprint density at radius 1 is 1.50 bits per heavy atom. The first-order valence-electron chi connectivity index (χ1n) is 6.62. The highest BCUT2D eigenvalue weighted by Gasteiger charge is 2.25. The van der Waals surface area contributed by atoms with Gasteiger partial charge in [0.05, 0.1) is 5.92 Å². The van der Waals surface area contributed by atoms with Crippen LogP contribution in [0.15, 0.2) is 0 Å². The molecule has 1 aliphatic rings. The quantitative estimate of drug-likeness (QED) is 0.738. The third-order valence-electron chi connectivity index (χ3n) is 3.55. The maximum atomic E-state index is 12.0. The van der Waals surface area contributed by atoms with E-state index in [-0.39, 0.29) is 17.7 Å². The van der Waals surface area contributed by atoms with Crippen LogP contribution in [0.2, 0.25) is 0 Å². The Bertz CT molecular complexity index is 285. The Hall–Kier alpha value is -1.10. The van der Waals surface area contributed by atoms with E-state index in [1.807, 2.05) is 14.1 Å². The first kappa shape index (κ1) is 15.0. The lowest BCUT2D eigenvalue weighted by molar-refractivity contribution is -0.129. The van der Waals surface area contributed by atoms with Crippen molar-refractivity contribution in [2.45, 2.75) is 32.7 Å². The van der Waals surface area contributed by atoms with Gasteiger partial charge in [0.2, 0.25) is 11.8 Å². The van der Waals surface area contributed by atoms with Crippen LogP contribution in [0, 0.1) is 11.8 Å². The number of nitrogens with one attached hydrogen (secondary N) is 2. The molecule has 1 rings (SSSR count). The highest BCUT2D eigenvalue weighted by molar-refractivity contribution is 5.83. The molecule has 18 heavy (non-hydrogen) atoms. The number of hydrogen-bond acceptors (Lipinski definition) is 3. The number of amides is 2. The molecule has 1 aliphatic heterocycles. The number of carbonyl (C=O) groups excluding carboxylic acids is 2. The van der Waals surface area contributed by atoms with Gasteiger partial charge in [0.25, 0.3) is 0 Å². The molecule has 1 heterocycles. The average Bonchev–Trinajstić information content (AvgIpc) is 2.28. The molecule has 2 N–H and O–H groups in total. The Balaban J connectivity index is 2.38. The molecule has 2 unspecified atom stereocenters. The number of likely N-dealkylation sites (N-methyl/N-ethyl adjacent to an activating group) is 1. The predicted octanol–water partition coefficient (Wildman–Crippen LogP) is 0.215. The van der Waals surface area contributed by atoms with E-state index >= 15 is 0 Å². The first-order valence-corrected chi connectivity index (χ1v) is 6.62. The zero-order chi connectivity index (χ0) is 13.7. The minimum Gasteiger partial charge on any atom is -0.355 e. The zero-order valence-corrected chi connectivity index (χ0v) is 11.8. The molecule has 0 spiro atoms. The zero-order valence-electron chi connectivity index (χ0n) is 11.8. The molecule has 104 valence electrons. The molecule has 1 fully saturated rings. The second kappa shape index (κ2) is 6.73. The first-order chi connectivity index (χ1) is 8.41. The van der Waals surface area contributed by atoms with Crippen molar-refractivity contribution < 1.29 is 9.59 Å². The Labute approximate surface area is 109 Å². The van der Waals surface area contributed by atoms with Gasteiger partial charge in [0.15, 0.2) is 0 Å². The maximum absolute atomic E-state index is 12.0. The van der Waals surface area contributed by atoms with E-state index in [0.717, 1.165) is 0 Å². The van der Waals surface area contributed by atoms with Crippen LogP contribution in [0.25, 0.3) is 0 Å². The largest absolute Gasteiger partial charge is 0.355 e. The summed E-state index contributed by atoms with van der Waals surface area (Å²) in [6.45, 7) is 5.43.